The van der Waals surface area contributed by atoms with Crippen LogP contribution in [0.25, 0.3) is 0 Å². The van der Waals surface area contributed by atoms with Gasteiger partial charge in [-0.2, -0.15) is 0 Å². The topological polar surface area (TPSA) is 74.2 Å². The van der Waals surface area contributed by atoms with Crippen LogP contribution in [0.3, 0.4) is 0 Å². The maximum atomic E-state index is 12.3. The molecule has 0 aliphatic carbocycles. The van der Waals surface area contributed by atoms with E-state index in [9.17, 15) is 9.46 Å². The predicted octanol–water partition coefficient (Wildman–Crippen LogP) is 8.51. The number of unbranched alkanes of at least 4 members (excludes halogenated alkanes) is 13. The van der Waals surface area contributed by atoms with E-state index in [2.05, 4.69) is 24.1 Å². The molecular weight excluding hydrogens is 526 g/mol. The van der Waals surface area contributed by atoms with Gasteiger partial charge in [0.2, 0.25) is 0 Å². The molecule has 6 nitrogen and oxygen atoms in total. The third-order valence-electron chi connectivity index (χ3n) is 6.70. The molecule has 0 aromatic carbocycles. The molecule has 1 fully saturated rings. The summed E-state index contributed by atoms with van der Waals surface area (Å²) in [5, 5.41) is 0.857. The van der Waals surface area contributed by atoms with Crippen LogP contribution in [0.2, 0.25) is 22.3 Å². The van der Waals surface area contributed by atoms with Gasteiger partial charge >= 0.3 is 136 Å². The van der Waals surface area contributed by atoms with Gasteiger partial charge in [-0.1, -0.05) is 84.0 Å². The van der Waals surface area contributed by atoms with Gasteiger partial charge < -0.3 is 0 Å². The maximum absolute atomic E-state index is 12.3. The fraction of sp³-hybridized carbons (Fsp3) is 1.00. The minimum atomic E-state index is -4.06. The molecule has 8 heteroatoms. The summed E-state index contributed by atoms with van der Waals surface area (Å²) >= 11 is -1.65. The Bertz CT molecular complexity index is 548. The van der Waals surface area contributed by atoms with Gasteiger partial charge in [-0.15, -0.1) is 0 Å². The number of hydrogen-bond donors (Lipinski definition) is 1. The number of phosphoric ester groups is 1. The molecule has 1 rings (SSSR count). The van der Waals surface area contributed by atoms with Crippen LogP contribution in [0.5, 0.6) is 0 Å². The van der Waals surface area contributed by atoms with Crippen molar-refractivity contribution in [1.29, 1.82) is 0 Å². The molecule has 2 atom stereocenters. The van der Waals surface area contributed by atoms with E-state index in [1.165, 1.54) is 83.5 Å². The number of ether oxygens (including phenoxy) is 2. The summed E-state index contributed by atoms with van der Waals surface area (Å²) in [5.41, 5.74) is 6.09. The van der Waals surface area contributed by atoms with E-state index in [1.54, 1.807) is 0 Å². The monoisotopic (exact) mass is 583 g/mol. The summed E-state index contributed by atoms with van der Waals surface area (Å²) in [6.45, 7) is 4.33. The van der Waals surface area contributed by atoms with E-state index in [4.69, 9.17) is 18.5 Å². The van der Waals surface area contributed by atoms with Crippen LogP contribution in [0.15, 0.2) is 0 Å². The Morgan fingerprint density at radius 3 is 1.83 bits per heavy atom. The molecule has 211 valence electrons. The number of phosphoric acid groups is 1. The van der Waals surface area contributed by atoms with Gasteiger partial charge in [-0.05, 0) is 0 Å². The fourth-order valence-electron chi connectivity index (χ4n) is 4.35. The molecule has 1 N–H and O–H groups in total. The van der Waals surface area contributed by atoms with E-state index in [-0.39, 0.29) is 13.2 Å². The molecule has 35 heavy (non-hydrogen) atoms. The fourth-order valence-corrected chi connectivity index (χ4v) is 6.80. The summed E-state index contributed by atoms with van der Waals surface area (Å²) in [5.74, 6) is 0. The molecule has 1 radical (unpaired) electrons. The zero-order valence-electron chi connectivity index (χ0n) is 23.4. The van der Waals surface area contributed by atoms with Crippen LogP contribution in [0, 0.1) is 0 Å². The molecule has 2 unspecified atom stereocenters. The first-order valence-electron chi connectivity index (χ1n) is 14.3. The molecule has 0 aromatic heterocycles. The van der Waals surface area contributed by atoms with Crippen LogP contribution < -0.4 is 0 Å². The zero-order valence-corrected chi connectivity index (χ0v) is 26.2. The van der Waals surface area contributed by atoms with Crippen molar-refractivity contribution in [3.8, 4) is 0 Å². The molecule has 1 aliphatic rings. The van der Waals surface area contributed by atoms with Crippen LogP contribution >= 0.6 is 7.82 Å². The van der Waals surface area contributed by atoms with Gasteiger partial charge in [0.15, 0.2) is 0 Å². The molecule has 1 saturated heterocycles. The third-order valence-corrected chi connectivity index (χ3v) is 10.9. The van der Waals surface area contributed by atoms with Gasteiger partial charge in [-0.3, -0.25) is 0 Å². The van der Waals surface area contributed by atoms with Gasteiger partial charge in [0.05, 0.1) is 0 Å². The van der Waals surface area contributed by atoms with E-state index in [0.717, 1.165) is 24.5 Å². The first-order chi connectivity index (χ1) is 16.7. The molecular formula is C27H57AsO6P. The molecule has 0 aromatic rings. The molecule has 1 aliphatic heterocycles. The van der Waals surface area contributed by atoms with E-state index >= 15 is 0 Å². The van der Waals surface area contributed by atoms with Crippen molar-refractivity contribution in [3.05, 3.63) is 0 Å². The molecule has 0 spiro atoms. The van der Waals surface area contributed by atoms with Crippen molar-refractivity contribution in [2.75, 3.05) is 33.0 Å². The first kappa shape index (κ1) is 33.6. The van der Waals surface area contributed by atoms with Crippen molar-refractivity contribution in [2.45, 2.75) is 138 Å². The summed E-state index contributed by atoms with van der Waals surface area (Å²) in [6.07, 6.45) is 20.5. The summed E-state index contributed by atoms with van der Waals surface area (Å²) in [7, 11) is -4.06. The number of hydrogen-bond acceptors (Lipinski definition) is 5. The van der Waals surface area contributed by atoms with Crippen molar-refractivity contribution in [1.82, 2.24) is 0 Å². The van der Waals surface area contributed by atoms with Crippen molar-refractivity contribution in [3.63, 3.8) is 0 Å². The van der Waals surface area contributed by atoms with Gasteiger partial charge in [0, 0.05) is 0 Å². The van der Waals surface area contributed by atoms with Crippen LogP contribution in [-0.2, 0) is 23.1 Å². The zero-order chi connectivity index (χ0) is 25.9. The molecule has 1 heterocycles. The van der Waals surface area contributed by atoms with Crippen molar-refractivity contribution in [2.24, 2.45) is 0 Å². The second kappa shape index (κ2) is 19.6. The Kier molecular flexibility index (Phi) is 18.9. The average molecular weight is 584 g/mol. The van der Waals surface area contributed by atoms with Gasteiger partial charge in [0.1, 0.15) is 0 Å². The Balaban J connectivity index is 2.03. The minimum absolute atomic E-state index is 0.0369. The quantitative estimate of drug-likeness (QED) is 0.0698. The first-order valence-corrected chi connectivity index (χ1v) is 22.8. The SMILES string of the molecule is CCCCCCCCCCCCCCCCOCC1(COP(=O)(O)OCC[As](C)(C)C)CCCO1. The van der Waals surface area contributed by atoms with Crippen LogP contribution in [-0.4, -0.2) is 57.1 Å². The number of rotatable bonds is 24. The van der Waals surface area contributed by atoms with E-state index in [0.29, 0.717) is 19.8 Å². The van der Waals surface area contributed by atoms with Crippen LogP contribution in [0.4, 0.5) is 0 Å². The van der Waals surface area contributed by atoms with E-state index in [1.807, 2.05) is 0 Å². The molecule has 0 bridgehead atoms. The van der Waals surface area contributed by atoms with Gasteiger partial charge in [-0.25, -0.2) is 0 Å². The van der Waals surface area contributed by atoms with Crippen LogP contribution in [0.1, 0.15) is 110 Å². The summed E-state index contributed by atoms with van der Waals surface area (Å²) < 4.78 is 34.5. The third kappa shape index (κ3) is 19.3. The Morgan fingerprint density at radius 2 is 1.34 bits per heavy atom. The van der Waals surface area contributed by atoms with Crippen molar-refractivity contribution < 1.29 is 28.0 Å². The summed E-state index contributed by atoms with van der Waals surface area (Å²) in [6, 6.07) is 0. The standard InChI is InChI=1S/C27H57AsO6P/c1-5-6-7-8-9-10-11-12-13-14-15-16-17-18-22-31-25-27(20-19-23-32-27)26-34-35(29,30)33-24-21-28(2,3)4/h5-26H2,1-4H3,(H,29,30). The predicted molar refractivity (Wildman–Crippen MR) is 149 cm³/mol. The second-order valence-electron chi connectivity index (χ2n) is 11.4. The Labute approximate surface area is 219 Å². The normalized spacial score (nSPS) is 20.4. The average Bonchev–Trinajstić information content (AvgIpc) is 3.26. The van der Waals surface area contributed by atoms with Gasteiger partial charge in [0.25, 0.3) is 0 Å². The van der Waals surface area contributed by atoms with Crippen molar-refractivity contribution >= 4 is 21.4 Å². The summed E-state index contributed by atoms with van der Waals surface area (Å²) in [4.78, 5) is 10.0. The second-order valence-corrected chi connectivity index (χ2v) is 23.4. The Morgan fingerprint density at radius 1 is 0.800 bits per heavy atom. The Hall–Kier alpha value is 0.588. The molecule has 0 saturated carbocycles. The van der Waals surface area contributed by atoms with E-state index < -0.39 is 27.0 Å². The molecule has 0 amide bonds.